The predicted octanol–water partition coefficient (Wildman–Crippen LogP) is 2.33. The fourth-order valence-electron chi connectivity index (χ4n) is 3.43. The van der Waals surface area contributed by atoms with Crippen molar-refractivity contribution >= 4 is 0 Å². The molecule has 4 heterocycles. The molecule has 26 heavy (non-hydrogen) atoms. The minimum atomic E-state index is -0.968. The number of β-amino-alcohol motifs (C(OH)–C–C–N with tert-alkyl or cyclic N) is 1. The summed E-state index contributed by atoms with van der Waals surface area (Å²) in [6.45, 7) is 6.17. The summed E-state index contributed by atoms with van der Waals surface area (Å²) >= 11 is 0. The zero-order valence-corrected chi connectivity index (χ0v) is 15.1. The predicted molar refractivity (Wildman–Crippen MR) is 95.1 cm³/mol. The molecule has 8 nitrogen and oxygen atoms in total. The third-order valence-electron chi connectivity index (χ3n) is 4.87. The number of likely N-dealkylation sites (tertiary alicyclic amines) is 1. The van der Waals surface area contributed by atoms with Gasteiger partial charge in [0.2, 0.25) is 0 Å². The fraction of sp³-hybridized carbons (Fsp3) is 0.500. The van der Waals surface area contributed by atoms with Crippen LogP contribution in [-0.4, -0.2) is 48.3 Å². The lowest BCUT2D eigenvalue weighted by Crippen LogP contribution is -2.45. The van der Waals surface area contributed by atoms with Crippen molar-refractivity contribution < 1.29 is 9.52 Å². The molecule has 138 valence electrons. The van der Waals surface area contributed by atoms with E-state index >= 15 is 0 Å². The normalized spacial score (nSPS) is 21.5. The van der Waals surface area contributed by atoms with Crippen molar-refractivity contribution in [1.29, 1.82) is 0 Å². The van der Waals surface area contributed by atoms with Crippen LogP contribution in [0.1, 0.15) is 44.2 Å². The van der Waals surface area contributed by atoms with Gasteiger partial charge in [-0.15, -0.1) is 5.10 Å². The molecule has 4 rings (SSSR count). The number of furan rings is 1. The van der Waals surface area contributed by atoms with Gasteiger partial charge in [0.1, 0.15) is 22.7 Å². The van der Waals surface area contributed by atoms with Crippen molar-refractivity contribution in [3.63, 3.8) is 0 Å². The van der Waals surface area contributed by atoms with Crippen molar-refractivity contribution in [2.45, 2.75) is 44.9 Å². The van der Waals surface area contributed by atoms with E-state index in [1.165, 1.54) is 0 Å². The SMILES string of the molecule is CC(C)n1cc([C@@]2(O)CCCN(Cc3ccc(-c4ccn[nH]4)o3)C2)nn1. The Kier molecular flexibility index (Phi) is 4.37. The highest BCUT2D eigenvalue weighted by molar-refractivity contribution is 5.51. The van der Waals surface area contributed by atoms with Gasteiger partial charge in [-0.1, -0.05) is 5.21 Å². The first-order valence-corrected chi connectivity index (χ1v) is 8.99. The quantitative estimate of drug-likeness (QED) is 0.728. The molecule has 8 heteroatoms. The molecule has 1 aliphatic heterocycles. The van der Waals surface area contributed by atoms with Crippen LogP contribution in [-0.2, 0) is 12.1 Å². The van der Waals surface area contributed by atoms with E-state index in [-0.39, 0.29) is 6.04 Å². The topological polar surface area (TPSA) is 96.0 Å². The van der Waals surface area contributed by atoms with Crippen molar-refractivity contribution in [1.82, 2.24) is 30.1 Å². The Morgan fingerprint density at radius 3 is 2.96 bits per heavy atom. The highest BCUT2D eigenvalue weighted by Gasteiger charge is 2.37. The van der Waals surface area contributed by atoms with Gasteiger partial charge in [-0.2, -0.15) is 5.10 Å². The molecule has 1 saturated heterocycles. The van der Waals surface area contributed by atoms with Crippen LogP contribution >= 0.6 is 0 Å². The first-order valence-electron chi connectivity index (χ1n) is 8.99. The van der Waals surface area contributed by atoms with Crippen molar-refractivity contribution in [2.24, 2.45) is 0 Å². The van der Waals surface area contributed by atoms with Gasteiger partial charge in [-0.25, -0.2) is 4.68 Å². The second-order valence-corrected chi connectivity index (χ2v) is 7.26. The highest BCUT2D eigenvalue weighted by Crippen LogP contribution is 2.31. The molecule has 0 aromatic carbocycles. The highest BCUT2D eigenvalue weighted by atomic mass is 16.3. The van der Waals surface area contributed by atoms with E-state index in [1.807, 2.05) is 38.2 Å². The standard InChI is InChI=1S/C18H24N6O2/c1-13(2)24-11-17(21-22-24)18(25)7-3-9-23(12-18)10-14-4-5-16(26-14)15-6-8-19-20-15/h4-6,8,11,13,25H,3,7,9-10,12H2,1-2H3,(H,19,20)/t18-/m1/s1. The van der Waals surface area contributed by atoms with Crippen molar-refractivity contribution in [3.8, 4) is 11.5 Å². The van der Waals surface area contributed by atoms with Gasteiger partial charge in [0.25, 0.3) is 0 Å². The molecule has 0 unspecified atom stereocenters. The van der Waals surface area contributed by atoms with Gasteiger partial charge < -0.3 is 9.52 Å². The fourth-order valence-corrected chi connectivity index (χ4v) is 3.43. The van der Waals surface area contributed by atoms with E-state index < -0.39 is 5.60 Å². The Balaban J connectivity index is 1.46. The zero-order chi connectivity index (χ0) is 18.1. The lowest BCUT2D eigenvalue weighted by molar-refractivity contribution is -0.0428. The summed E-state index contributed by atoms with van der Waals surface area (Å²) in [6, 6.07) is 6.01. The summed E-state index contributed by atoms with van der Waals surface area (Å²) in [4.78, 5) is 2.20. The van der Waals surface area contributed by atoms with Gasteiger partial charge in [-0.3, -0.25) is 10.00 Å². The summed E-state index contributed by atoms with van der Waals surface area (Å²) in [7, 11) is 0. The monoisotopic (exact) mass is 356 g/mol. The van der Waals surface area contributed by atoms with Gasteiger partial charge in [0, 0.05) is 18.8 Å². The number of nitrogens with zero attached hydrogens (tertiary/aromatic N) is 5. The largest absolute Gasteiger partial charge is 0.458 e. The first kappa shape index (κ1) is 17.0. The number of aliphatic hydroxyl groups is 1. The lowest BCUT2D eigenvalue weighted by Gasteiger charge is -2.37. The average Bonchev–Trinajstić information content (AvgIpc) is 3.36. The van der Waals surface area contributed by atoms with E-state index in [4.69, 9.17) is 4.42 Å². The average molecular weight is 356 g/mol. The van der Waals surface area contributed by atoms with E-state index in [0.717, 1.165) is 30.2 Å². The Hall–Kier alpha value is -2.45. The number of H-pyrrole nitrogens is 1. The van der Waals surface area contributed by atoms with Gasteiger partial charge >= 0.3 is 0 Å². The van der Waals surface area contributed by atoms with E-state index in [9.17, 15) is 5.11 Å². The second-order valence-electron chi connectivity index (χ2n) is 7.26. The summed E-state index contributed by atoms with van der Waals surface area (Å²) in [5, 5.41) is 26.3. The van der Waals surface area contributed by atoms with Crippen molar-refractivity contribution in [3.05, 3.63) is 42.0 Å². The number of nitrogens with one attached hydrogen (secondary N) is 1. The Morgan fingerprint density at radius 1 is 1.35 bits per heavy atom. The third-order valence-corrected chi connectivity index (χ3v) is 4.87. The van der Waals surface area contributed by atoms with E-state index in [1.54, 1.807) is 10.9 Å². The molecule has 3 aromatic rings. The van der Waals surface area contributed by atoms with Crippen LogP contribution in [0.5, 0.6) is 0 Å². The van der Waals surface area contributed by atoms with Crippen LogP contribution in [0.2, 0.25) is 0 Å². The number of piperidine rings is 1. The Bertz CT molecular complexity index is 853. The van der Waals surface area contributed by atoms with Gasteiger partial charge in [0.05, 0.1) is 12.7 Å². The van der Waals surface area contributed by atoms with Crippen LogP contribution in [0.4, 0.5) is 0 Å². The molecule has 0 saturated carbocycles. The molecular formula is C18H24N6O2. The number of aromatic amines is 1. The van der Waals surface area contributed by atoms with E-state index in [0.29, 0.717) is 25.2 Å². The molecule has 0 amide bonds. The van der Waals surface area contributed by atoms with Crippen LogP contribution < -0.4 is 0 Å². The van der Waals surface area contributed by atoms with E-state index in [2.05, 4.69) is 25.4 Å². The molecule has 2 N–H and O–H groups in total. The summed E-state index contributed by atoms with van der Waals surface area (Å²) < 4.78 is 7.70. The molecule has 3 aromatic heterocycles. The van der Waals surface area contributed by atoms with Gasteiger partial charge in [-0.05, 0) is 51.4 Å². The Morgan fingerprint density at radius 2 is 2.23 bits per heavy atom. The smallest absolute Gasteiger partial charge is 0.152 e. The molecule has 1 atom stereocenters. The lowest BCUT2D eigenvalue weighted by atomic mass is 9.90. The third kappa shape index (κ3) is 3.30. The van der Waals surface area contributed by atoms with Crippen LogP contribution in [0.3, 0.4) is 0 Å². The summed E-state index contributed by atoms with van der Waals surface area (Å²) in [5.74, 6) is 1.63. The summed E-state index contributed by atoms with van der Waals surface area (Å²) in [6.07, 6.45) is 5.15. The molecule has 0 aliphatic carbocycles. The number of hydrogen-bond donors (Lipinski definition) is 2. The molecule has 1 fully saturated rings. The maximum Gasteiger partial charge on any atom is 0.152 e. The molecule has 0 spiro atoms. The minimum absolute atomic E-state index is 0.226. The molecule has 0 radical (unpaired) electrons. The van der Waals surface area contributed by atoms with Crippen LogP contribution in [0, 0.1) is 0 Å². The molecule has 1 aliphatic rings. The number of aromatic nitrogens is 5. The minimum Gasteiger partial charge on any atom is -0.458 e. The maximum absolute atomic E-state index is 11.1. The summed E-state index contributed by atoms with van der Waals surface area (Å²) in [5.41, 5.74) is 0.537. The first-order chi connectivity index (χ1) is 12.5. The van der Waals surface area contributed by atoms with Gasteiger partial charge in [0.15, 0.2) is 5.76 Å². The Labute approximate surface area is 151 Å². The number of hydrogen-bond acceptors (Lipinski definition) is 6. The molecular weight excluding hydrogens is 332 g/mol. The molecule has 0 bridgehead atoms. The number of rotatable bonds is 5. The van der Waals surface area contributed by atoms with Crippen molar-refractivity contribution in [2.75, 3.05) is 13.1 Å². The van der Waals surface area contributed by atoms with Crippen LogP contribution in [0.25, 0.3) is 11.5 Å². The maximum atomic E-state index is 11.1. The van der Waals surface area contributed by atoms with Crippen LogP contribution in [0.15, 0.2) is 35.0 Å². The second kappa shape index (κ2) is 6.69. The zero-order valence-electron chi connectivity index (χ0n) is 15.1.